The summed E-state index contributed by atoms with van der Waals surface area (Å²) in [6.45, 7) is 5.44. The Bertz CT molecular complexity index is 1180. The standard InChI is InChI=1S/C21H28N8O2S2/c1-27-6-8-29(9-7-27)16(31)12-24-21-26-14-10-13-18(17(22)19(14)33-21)32-20(25-13)23-11-15(30)28-4-2-3-5-28/h10H,2-9,11-12,22H2,1H3,(H,23,25)(H,24,26). The number of likely N-dealkylation sites (tertiary alicyclic amines) is 1. The Balaban J connectivity index is 1.25. The molecule has 2 aliphatic heterocycles. The molecule has 5 rings (SSSR count). The predicted octanol–water partition coefficient (Wildman–Crippen LogP) is 1.71. The smallest absolute Gasteiger partial charge is 0.242 e. The molecule has 2 aliphatic rings. The van der Waals surface area contributed by atoms with Crippen LogP contribution in [0.5, 0.6) is 0 Å². The van der Waals surface area contributed by atoms with Gasteiger partial charge in [0.2, 0.25) is 11.8 Å². The van der Waals surface area contributed by atoms with Gasteiger partial charge < -0.3 is 31.1 Å². The van der Waals surface area contributed by atoms with Gasteiger partial charge in [-0.15, -0.1) is 0 Å². The van der Waals surface area contributed by atoms with Crippen LogP contribution in [0.4, 0.5) is 16.0 Å². The molecule has 176 valence electrons. The van der Waals surface area contributed by atoms with Crippen LogP contribution in [0.2, 0.25) is 0 Å². The normalized spacial score (nSPS) is 17.2. The number of hydrogen-bond acceptors (Lipinski definition) is 10. The van der Waals surface area contributed by atoms with Gasteiger partial charge in [0, 0.05) is 39.3 Å². The third-order valence-corrected chi connectivity index (χ3v) is 8.29. The number of piperazine rings is 1. The van der Waals surface area contributed by atoms with E-state index in [0.717, 1.165) is 72.5 Å². The second-order valence-corrected chi connectivity index (χ2v) is 10.5. The highest BCUT2D eigenvalue weighted by Gasteiger charge is 2.21. The maximum Gasteiger partial charge on any atom is 0.242 e. The number of likely N-dealkylation sites (N-methyl/N-ethyl adjacent to an activating group) is 1. The molecule has 10 nitrogen and oxygen atoms in total. The number of hydrogen-bond donors (Lipinski definition) is 3. The van der Waals surface area contributed by atoms with E-state index < -0.39 is 0 Å². The molecule has 2 amide bonds. The minimum atomic E-state index is 0.0807. The van der Waals surface area contributed by atoms with Crippen LogP contribution in [0.15, 0.2) is 6.07 Å². The van der Waals surface area contributed by atoms with Crippen LogP contribution in [-0.4, -0.2) is 95.9 Å². The van der Waals surface area contributed by atoms with Gasteiger partial charge in [-0.05, 0) is 26.0 Å². The fraction of sp³-hybridized carbons (Fsp3) is 0.524. The van der Waals surface area contributed by atoms with Gasteiger partial charge in [0.1, 0.15) is 0 Å². The summed E-state index contributed by atoms with van der Waals surface area (Å²) in [7, 11) is 2.07. The molecule has 4 N–H and O–H groups in total. The summed E-state index contributed by atoms with van der Waals surface area (Å²) in [6.07, 6.45) is 2.15. The zero-order valence-corrected chi connectivity index (χ0v) is 20.2. The van der Waals surface area contributed by atoms with E-state index >= 15 is 0 Å². The van der Waals surface area contributed by atoms with Crippen LogP contribution in [0.1, 0.15) is 12.8 Å². The third-order valence-electron chi connectivity index (χ3n) is 6.17. The maximum atomic E-state index is 12.5. The summed E-state index contributed by atoms with van der Waals surface area (Å²) in [4.78, 5) is 40.0. The fourth-order valence-corrected chi connectivity index (χ4v) is 6.05. The SMILES string of the molecule is CN1CCN(C(=O)CNc2nc3cc4nc(NCC(=O)N5CCCC5)sc4c(N)c3s2)CC1. The number of nitrogen functional groups attached to an aromatic ring is 1. The molecule has 2 fully saturated rings. The number of nitrogens with zero attached hydrogens (tertiary/aromatic N) is 5. The van der Waals surface area contributed by atoms with Crippen molar-refractivity contribution in [3.63, 3.8) is 0 Å². The monoisotopic (exact) mass is 488 g/mol. The summed E-state index contributed by atoms with van der Waals surface area (Å²) in [6, 6.07) is 1.91. The van der Waals surface area contributed by atoms with Gasteiger partial charge in [-0.3, -0.25) is 9.59 Å². The van der Waals surface area contributed by atoms with Gasteiger partial charge in [-0.25, -0.2) is 9.97 Å². The maximum absolute atomic E-state index is 12.5. The number of nitrogens with two attached hydrogens (primary N) is 1. The van der Waals surface area contributed by atoms with E-state index in [0.29, 0.717) is 16.0 Å². The van der Waals surface area contributed by atoms with E-state index in [9.17, 15) is 9.59 Å². The number of rotatable bonds is 6. The lowest BCUT2D eigenvalue weighted by atomic mass is 10.3. The van der Waals surface area contributed by atoms with Crippen LogP contribution in [0.3, 0.4) is 0 Å². The minimum Gasteiger partial charge on any atom is -0.396 e. The number of benzene rings is 1. The number of carbonyl (C=O) groups is 2. The van der Waals surface area contributed by atoms with E-state index in [2.05, 4.69) is 32.5 Å². The van der Waals surface area contributed by atoms with Gasteiger partial charge in [0.15, 0.2) is 10.3 Å². The molecule has 2 aromatic heterocycles. The number of anilines is 3. The van der Waals surface area contributed by atoms with E-state index in [4.69, 9.17) is 5.73 Å². The zero-order chi connectivity index (χ0) is 22.9. The van der Waals surface area contributed by atoms with Crippen LogP contribution in [0.25, 0.3) is 20.4 Å². The molecule has 0 bridgehead atoms. The number of carbonyl (C=O) groups excluding carboxylic acids is 2. The molecule has 2 saturated heterocycles. The van der Waals surface area contributed by atoms with Crippen molar-refractivity contribution in [2.75, 3.05) is 75.8 Å². The van der Waals surface area contributed by atoms with E-state index in [-0.39, 0.29) is 24.9 Å². The molecule has 0 aliphatic carbocycles. The Hall–Kier alpha value is -2.70. The fourth-order valence-electron chi connectivity index (χ4n) is 4.18. The number of amides is 2. The summed E-state index contributed by atoms with van der Waals surface area (Å²) < 4.78 is 1.75. The summed E-state index contributed by atoms with van der Waals surface area (Å²) in [5, 5.41) is 7.66. The van der Waals surface area contributed by atoms with Crippen molar-refractivity contribution in [3.05, 3.63) is 6.07 Å². The minimum absolute atomic E-state index is 0.0807. The average molecular weight is 489 g/mol. The summed E-state index contributed by atoms with van der Waals surface area (Å²) in [5.74, 6) is 0.182. The molecule has 0 saturated carbocycles. The Labute approximate surface area is 199 Å². The largest absolute Gasteiger partial charge is 0.396 e. The first-order valence-corrected chi connectivity index (χ1v) is 12.8. The van der Waals surface area contributed by atoms with Crippen LogP contribution in [-0.2, 0) is 9.59 Å². The number of aromatic nitrogens is 2. The number of fused-ring (bicyclic) bond motifs is 2. The van der Waals surface area contributed by atoms with Crippen molar-refractivity contribution < 1.29 is 9.59 Å². The van der Waals surface area contributed by atoms with Crippen molar-refractivity contribution in [3.8, 4) is 0 Å². The van der Waals surface area contributed by atoms with Crippen molar-refractivity contribution >= 4 is 70.9 Å². The predicted molar refractivity (Wildman–Crippen MR) is 134 cm³/mol. The highest BCUT2D eigenvalue weighted by Crippen LogP contribution is 2.39. The van der Waals surface area contributed by atoms with Gasteiger partial charge in [0.05, 0.1) is 39.2 Å². The molecule has 3 aromatic rings. The molecule has 0 unspecified atom stereocenters. The number of nitrogens with one attached hydrogen (secondary N) is 2. The molecule has 12 heteroatoms. The van der Waals surface area contributed by atoms with Crippen LogP contribution in [0, 0.1) is 0 Å². The van der Waals surface area contributed by atoms with E-state index in [1.807, 2.05) is 15.9 Å². The molecule has 4 heterocycles. The zero-order valence-electron chi connectivity index (χ0n) is 18.6. The highest BCUT2D eigenvalue weighted by molar-refractivity contribution is 7.25. The lowest BCUT2D eigenvalue weighted by Gasteiger charge is -2.32. The average Bonchev–Trinajstić information content (AvgIpc) is 3.56. The molecule has 33 heavy (non-hydrogen) atoms. The topological polar surface area (TPSA) is 120 Å². The first-order chi connectivity index (χ1) is 16.0. The Kier molecular flexibility index (Phi) is 6.21. The highest BCUT2D eigenvalue weighted by atomic mass is 32.1. The quantitative estimate of drug-likeness (QED) is 0.449. The first-order valence-electron chi connectivity index (χ1n) is 11.2. The third kappa shape index (κ3) is 4.68. The van der Waals surface area contributed by atoms with Crippen molar-refractivity contribution in [2.45, 2.75) is 12.8 Å². The molecule has 1 aromatic carbocycles. The van der Waals surface area contributed by atoms with Gasteiger partial charge in [0.25, 0.3) is 0 Å². The molecule has 0 spiro atoms. The molecular weight excluding hydrogens is 460 g/mol. The lowest BCUT2D eigenvalue weighted by molar-refractivity contribution is -0.131. The van der Waals surface area contributed by atoms with Crippen LogP contribution < -0.4 is 16.4 Å². The summed E-state index contributed by atoms with van der Waals surface area (Å²) >= 11 is 2.89. The Morgan fingerprint density at radius 3 is 1.88 bits per heavy atom. The van der Waals surface area contributed by atoms with Crippen LogP contribution >= 0.6 is 22.7 Å². The van der Waals surface area contributed by atoms with Crippen molar-refractivity contribution in [2.24, 2.45) is 0 Å². The Morgan fingerprint density at radius 1 is 0.879 bits per heavy atom. The van der Waals surface area contributed by atoms with E-state index in [1.165, 1.54) is 22.7 Å². The van der Waals surface area contributed by atoms with E-state index in [1.54, 1.807) is 0 Å². The summed E-state index contributed by atoms with van der Waals surface area (Å²) in [5.41, 5.74) is 8.60. The molecular formula is C21H28N8O2S2. The molecule has 0 atom stereocenters. The molecule has 0 radical (unpaired) electrons. The van der Waals surface area contributed by atoms with Gasteiger partial charge >= 0.3 is 0 Å². The second-order valence-electron chi connectivity index (χ2n) is 8.50. The Morgan fingerprint density at radius 2 is 1.36 bits per heavy atom. The van der Waals surface area contributed by atoms with Crippen molar-refractivity contribution in [1.29, 1.82) is 0 Å². The number of thiazole rings is 2. The first kappa shape index (κ1) is 22.1. The second kappa shape index (κ2) is 9.27. The van der Waals surface area contributed by atoms with Gasteiger partial charge in [-0.1, -0.05) is 22.7 Å². The van der Waals surface area contributed by atoms with Gasteiger partial charge in [-0.2, -0.15) is 0 Å². The van der Waals surface area contributed by atoms with Crippen molar-refractivity contribution in [1.82, 2.24) is 24.7 Å². The lowest BCUT2D eigenvalue weighted by Crippen LogP contribution is -2.48.